The molecule has 18 heavy (non-hydrogen) atoms. The third kappa shape index (κ3) is 3.30. The van der Waals surface area contributed by atoms with E-state index >= 15 is 0 Å². The molecule has 1 unspecified atom stereocenters. The molecule has 0 N–H and O–H groups in total. The van der Waals surface area contributed by atoms with Crippen LogP contribution in [0, 0.1) is 19.8 Å². The summed E-state index contributed by atoms with van der Waals surface area (Å²) in [7, 11) is 0. The molecule has 0 aliphatic heterocycles. The Bertz CT molecular complexity index is 406. The second-order valence-corrected chi connectivity index (χ2v) is 7.01. The van der Waals surface area contributed by atoms with Crippen LogP contribution in [0.4, 0.5) is 0 Å². The zero-order valence-electron chi connectivity index (χ0n) is 11.3. The first-order chi connectivity index (χ1) is 8.59. The molecule has 0 amide bonds. The maximum atomic E-state index is 6.19. The van der Waals surface area contributed by atoms with E-state index in [4.69, 9.17) is 11.6 Å². The van der Waals surface area contributed by atoms with Crippen molar-refractivity contribution in [1.82, 2.24) is 0 Å². The van der Waals surface area contributed by atoms with Gasteiger partial charge in [0.15, 0.2) is 0 Å². The van der Waals surface area contributed by atoms with Gasteiger partial charge in [0.1, 0.15) is 0 Å². The van der Waals surface area contributed by atoms with Crippen molar-refractivity contribution in [2.75, 3.05) is 0 Å². The number of rotatable bonds is 2. The molecule has 100 valence electrons. The molecule has 0 heterocycles. The second-order valence-electron chi connectivity index (χ2n) is 5.61. The van der Waals surface area contributed by atoms with Gasteiger partial charge >= 0.3 is 0 Å². The van der Waals surface area contributed by atoms with Crippen LogP contribution < -0.4 is 0 Å². The Kier molecular flexibility index (Phi) is 5.14. The molecule has 2 heteroatoms. The minimum Gasteiger partial charge on any atom is -0.0840 e. The van der Waals surface area contributed by atoms with Crippen LogP contribution in [-0.4, -0.2) is 0 Å². The van der Waals surface area contributed by atoms with Gasteiger partial charge in [-0.3, -0.25) is 0 Å². The molecule has 1 fully saturated rings. The van der Waals surface area contributed by atoms with Gasteiger partial charge in [0.05, 0.1) is 0 Å². The largest absolute Gasteiger partial charge is 0.0840 e. The molecule has 0 nitrogen and oxygen atoms in total. The Morgan fingerprint density at radius 3 is 2.28 bits per heavy atom. The number of halogens is 2. The van der Waals surface area contributed by atoms with E-state index in [1.165, 1.54) is 55.2 Å². The van der Waals surface area contributed by atoms with Crippen molar-refractivity contribution in [2.24, 2.45) is 5.92 Å². The first-order valence-corrected chi connectivity index (χ1v) is 8.29. The second kappa shape index (κ2) is 6.43. The van der Waals surface area contributed by atoms with E-state index in [0.29, 0.717) is 4.83 Å². The molecule has 0 bridgehead atoms. The zero-order chi connectivity index (χ0) is 13.1. The van der Waals surface area contributed by atoms with Gasteiger partial charge in [-0.2, -0.15) is 0 Å². The molecule has 1 aliphatic carbocycles. The highest BCUT2D eigenvalue weighted by molar-refractivity contribution is 9.09. The lowest BCUT2D eigenvalue weighted by Gasteiger charge is -2.23. The van der Waals surface area contributed by atoms with Crippen molar-refractivity contribution in [3.8, 4) is 0 Å². The van der Waals surface area contributed by atoms with Crippen molar-refractivity contribution >= 4 is 27.5 Å². The highest BCUT2D eigenvalue weighted by atomic mass is 79.9. The molecular weight excluding hydrogens is 308 g/mol. The van der Waals surface area contributed by atoms with Crippen LogP contribution in [-0.2, 0) is 0 Å². The number of alkyl halides is 1. The topological polar surface area (TPSA) is 0 Å². The van der Waals surface area contributed by atoms with Crippen LogP contribution >= 0.6 is 27.5 Å². The summed E-state index contributed by atoms with van der Waals surface area (Å²) in [6.45, 7) is 4.27. The molecule has 1 saturated carbocycles. The number of aryl methyl sites for hydroxylation is 2. The first kappa shape index (κ1) is 14.4. The lowest BCUT2D eigenvalue weighted by Crippen LogP contribution is -2.08. The number of benzene rings is 1. The monoisotopic (exact) mass is 328 g/mol. The summed E-state index contributed by atoms with van der Waals surface area (Å²) in [4.78, 5) is 0.492. The van der Waals surface area contributed by atoms with E-state index in [-0.39, 0.29) is 0 Å². The van der Waals surface area contributed by atoms with Crippen LogP contribution in [0.3, 0.4) is 0 Å². The van der Waals surface area contributed by atoms with Crippen LogP contribution in [0.2, 0.25) is 5.02 Å². The Balaban J connectivity index is 2.21. The summed E-state index contributed by atoms with van der Waals surface area (Å²) in [5.74, 6) is 0.784. The molecule has 0 radical (unpaired) electrons. The average molecular weight is 330 g/mol. The lowest BCUT2D eigenvalue weighted by molar-refractivity contribution is 0.454. The van der Waals surface area contributed by atoms with Gasteiger partial charge in [0, 0.05) is 9.85 Å². The highest BCUT2D eigenvalue weighted by Gasteiger charge is 2.23. The normalized spacial score (nSPS) is 19.6. The lowest BCUT2D eigenvalue weighted by atomic mass is 9.89. The standard InChI is InChI=1S/C16H22BrCl/c1-11-10-15(18)12(2)9-14(11)16(17)13-7-5-3-4-6-8-13/h9-10,13,16H,3-8H2,1-2H3. The summed E-state index contributed by atoms with van der Waals surface area (Å²) in [5, 5.41) is 0.886. The first-order valence-electron chi connectivity index (χ1n) is 7.00. The molecule has 1 aromatic carbocycles. The average Bonchev–Trinajstić information content (AvgIpc) is 2.61. The fourth-order valence-electron chi connectivity index (χ4n) is 2.96. The van der Waals surface area contributed by atoms with Crippen LogP contribution in [0.15, 0.2) is 12.1 Å². The molecule has 0 spiro atoms. The highest BCUT2D eigenvalue weighted by Crippen LogP contribution is 2.41. The summed E-state index contributed by atoms with van der Waals surface area (Å²) in [6.07, 6.45) is 8.31. The maximum absolute atomic E-state index is 6.19. The van der Waals surface area contributed by atoms with E-state index in [0.717, 1.165) is 10.9 Å². The molecule has 1 atom stereocenters. The zero-order valence-corrected chi connectivity index (χ0v) is 13.6. The SMILES string of the molecule is Cc1cc(C(Br)C2CCCCCC2)c(C)cc1Cl. The smallest absolute Gasteiger partial charge is 0.0438 e. The van der Waals surface area contributed by atoms with E-state index in [9.17, 15) is 0 Å². The van der Waals surface area contributed by atoms with Crippen LogP contribution in [0.5, 0.6) is 0 Å². The molecule has 1 aromatic rings. The van der Waals surface area contributed by atoms with Gasteiger partial charge in [-0.15, -0.1) is 0 Å². The van der Waals surface area contributed by atoms with Gasteiger partial charge < -0.3 is 0 Å². The molecule has 0 aromatic heterocycles. The van der Waals surface area contributed by atoms with Gasteiger partial charge in [0.25, 0.3) is 0 Å². The van der Waals surface area contributed by atoms with E-state index in [1.807, 2.05) is 0 Å². The Morgan fingerprint density at radius 2 is 1.67 bits per heavy atom. The van der Waals surface area contributed by atoms with Crippen molar-refractivity contribution in [1.29, 1.82) is 0 Å². The van der Waals surface area contributed by atoms with Crippen LogP contribution in [0.25, 0.3) is 0 Å². The van der Waals surface area contributed by atoms with E-state index < -0.39 is 0 Å². The predicted octanol–water partition coefficient (Wildman–Crippen LogP) is 6.36. The van der Waals surface area contributed by atoms with E-state index in [2.05, 4.69) is 41.9 Å². The molecule has 2 rings (SSSR count). The minimum absolute atomic E-state index is 0.492. The fourth-order valence-corrected chi connectivity index (χ4v) is 4.20. The number of hydrogen-bond donors (Lipinski definition) is 0. The van der Waals surface area contributed by atoms with Crippen molar-refractivity contribution in [3.05, 3.63) is 33.8 Å². The van der Waals surface area contributed by atoms with Gasteiger partial charge in [-0.1, -0.05) is 59.3 Å². The molecule has 0 saturated heterocycles. The minimum atomic E-state index is 0.492. The summed E-state index contributed by atoms with van der Waals surface area (Å²) < 4.78 is 0. The Labute approximate surface area is 124 Å². The van der Waals surface area contributed by atoms with Crippen molar-refractivity contribution < 1.29 is 0 Å². The molecule has 1 aliphatic rings. The Hall–Kier alpha value is -0.0100. The van der Waals surface area contributed by atoms with Gasteiger partial charge in [0.2, 0.25) is 0 Å². The van der Waals surface area contributed by atoms with Gasteiger partial charge in [-0.25, -0.2) is 0 Å². The van der Waals surface area contributed by atoms with Crippen LogP contribution in [0.1, 0.15) is 60.0 Å². The van der Waals surface area contributed by atoms with Crippen molar-refractivity contribution in [3.63, 3.8) is 0 Å². The Morgan fingerprint density at radius 1 is 1.06 bits per heavy atom. The predicted molar refractivity (Wildman–Crippen MR) is 83.8 cm³/mol. The van der Waals surface area contributed by atoms with E-state index in [1.54, 1.807) is 0 Å². The summed E-state index contributed by atoms with van der Waals surface area (Å²) in [6, 6.07) is 4.37. The molecular formula is C16H22BrCl. The third-order valence-electron chi connectivity index (χ3n) is 4.16. The quantitative estimate of drug-likeness (QED) is 0.437. The van der Waals surface area contributed by atoms with Crippen molar-refractivity contribution in [2.45, 2.75) is 57.2 Å². The summed E-state index contributed by atoms with van der Waals surface area (Å²) in [5.41, 5.74) is 3.94. The third-order valence-corrected chi connectivity index (χ3v) is 5.81. The summed E-state index contributed by atoms with van der Waals surface area (Å²) >= 11 is 10.1. The fraction of sp³-hybridized carbons (Fsp3) is 0.625. The maximum Gasteiger partial charge on any atom is 0.0438 e. The number of hydrogen-bond acceptors (Lipinski definition) is 0. The van der Waals surface area contributed by atoms with Gasteiger partial charge in [-0.05, 0) is 55.4 Å².